The van der Waals surface area contributed by atoms with Crippen LogP contribution in [0.25, 0.3) is 0 Å². The van der Waals surface area contributed by atoms with Crippen LogP contribution in [0.15, 0.2) is 59.8 Å². The number of rotatable bonds is 6. The Kier molecular flexibility index (Phi) is 7.78. The fourth-order valence-corrected chi connectivity index (χ4v) is 1.27. The quantitative estimate of drug-likeness (QED) is 0.370. The summed E-state index contributed by atoms with van der Waals surface area (Å²) >= 11 is 0. The number of hydrogen-bond donors (Lipinski definition) is 0. The minimum Gasteiger partial charge on any atom is -0.298 e. The first-order chi connectivity index (χ1) is 7.71. The number of carbonyl (C=O) groups excluding carboxylic acids is 1. The molecule has 0 saturated carbocycles. The fraction of sp³-hybridized carbons (Fsp3) is 0.267. The monoisotopic (exact) mass is 216 g/mol. The van der Waals surface area contributed by atoms with Crippen molar-refractivity contribution in [2.24, 2.45) is 0 Å². The van der Waals surface area contributed by atoms with E-state index in [1.807, 2.05) is 51.2 Å². The van der Waals surface area contributed by atoms with Gasteiger partial charge in [0.25, 0.3) is 0 Å². The Morgan fingerprint density at radius 2 is 2.00 bits per heavy atom. The predicted molar refractivity (Wildman–Crippen MR) is 71.3 cm³/mol. The highest BCUT2D eigenvalue weighted by Crippen LogP contribution is 2.16. The third kappa shape index (κ3) is 4.74. The van der Waals surface area contributed by atoms with Crippen molar-refractivity contribution in [1.29, 1.82) is 0 Å². The van der Waals surface area contributed by atoms with E-state index in [4.69, 9.17) is 0 Å². The third-order valence-corrected chi connectivity index (χ3v) is 2.25. The Hall–Kier alpha value is -1.63. The van der Waals surface area contributed by atoms with Crippen molar-refractivity contribution in [1.82, 2.24) is 0 Å². The average molecular weight is 216 g/mol. The van der Waals surface area contributed by atoms with Crippen LogP contribution in [0.2, 0.25) is 0 Å². The SMILES string of the molecule is C=C\C=C/C(=C\C)C(/C)=C(C=O)/C=C\CC. The smallest absolute Gasteiger partial charge is 0.150 e. The summed E-state index contributed by atoms with van der Waals surface area (Å²) in [4.78, 5) is 11.0. The minimum atomic E-state index is 0.726. The molecule has 1 nitrogen and oxygen atoms in total. The molecule has 0 aromatic heterocycles. The summed E-state index contributed by atoms with van der Waals surface area (Å²) in [6.45, 7) is 9.58. The average Bonchev–Trinajstić information content (AvgIpc) is 2.31. The van der Waals surface area contributed by atoms with Gasteiger partial charge < -0.3 is 0 Å². The molecule has 0 aromatic rings. The van der Waals surface area contributed by atoms with Gasteiger partial charge in [0.1, 0.15) is 6.29 Å². The summed E-state index contributed by atoms with van der Waals surface area (Å²) in [5, 5.41) is 0. The molecule has 0 heterocycles. The van der Waals surface area contributed by atoms with E-state index in [9.17, 15) is 4.79 Å². The molecule has 16 heavy (non-hydrogen) atoms. The van der Waals surface area contributed by atoms with Gasteiger partial charge in [0, 0.05) is 5.57 Å². The van der Waals surface area contributed by atoms with E-state index in [2.05, 4.69) is 6.58 Å². The zero-order valence-corrected chi connectivity index (χ0v) is 10.4. The number of carbonyl (C=O) groups is 1. The topological polar surface area (TPSA) is 17.1 Å². The molecule has 0 rings (SSSR count). The van der Waals surface area contributed by atoms with Gasteiger partial charge in [-0.2, -0.15) is 0 Å². The number of aldehydes is 1. The van der Waals surface area contributed by atoms with E-state index in [1.54, 1.807) is 6.08 Å². The van der Waals surface area contributed by atoms with Gasteiger partial charge in [-0.05, 0) is 31.4 Å². The van der Waals surface area contributed by atoms with Crippen molar-refractivity contribution in [2.45, 2.75) is 27.2 Å². The molecule has 0 bridgehead atoms. The normalized spacial score (nSPS) is 14.3. The molecule has 0 unspecified atom stereocenters. The van der Waals surface area contributed by atoms with Crippen LogP contribution in [-0.2, 0) is 4.79 Å². The first-order valence-electron chi connectivity index (χ1n) is 5.49. The molecule has 0 radical (unpaired) electrons. The Balaban J connectivity index is 5.21. The first kappa shape index (κ1) is 14.4. The lowest BCUT2D eigenvalue weighted by Crippen LogP contribution is -1.90. The Labute approximate surface area is 98.6 Å². The van der Waals surface area contributed by atoms with Crippen molar-refractivity contribution < 1.29 is 4.79 Å². The van der Waals surface area contributed by atoms with Gasteiger partial charge in [-0.3, -0.25) is 4.79 Å². The number of allylic oxidation sites excluding steroid dienone is 9. The molecule has 0 fully saturated rings. The van der Waals surface area contributed by atoms with Crippen LogP contribution in [0, 0.1) is 0 Å². The van der Waals surface area contributed by atoms with Crippen molar-refractivity contribution >= 4 is 6.29 Å². The maximum atomic E-state index is 11.0. The standard InChI is InChI=1S/C15H20O/c1-5-8-10-14(7-3)13(4)15(12-16)11-9-6-2/h5,7-12H,1,6H2,2-4H3/b10-8-,11-9-,14-7+,15-13-. The zero-order chi connectivity index (χ0) is 12.4. The summed E-state index contributed by atoms with van der Waals surface area (Å²) in [5.74, 6) is 0. The fourth-order valence-electron chi connectivity index (χ4n) is 1.27. The predicted octanol–water partition coefficient (Wildman–Crippen LogP) is 4.16. The van der Waals surface area contributed by atoms with Gasteiger partial charge in [0.05, 0.1) is 0 Å². The van der Waals surface area contributed by atoms with Crippen molar-refractivity contribution in [2.75, 3.05) is 0 Å². The van der Waals surface area contributed by atoms with Crippen LogP contribution in [0.4, 0.5) is 0 Å². The van der Waals surface area contributed by atoms with Gasteiger partial charge in [0.2, 0.25) is 0 Å². The van der Waals surface area contributed by atoms with E-state index < -0.39 is 0 Å². The molecule has 0 aliphatic carbocycles. The zero-order valence-electron chi connectivity index (χ0n) is 10.4. The lowest BCUT2D eigenvalue weighted by atomic mass is 10.0. The van der Waals surface area contributed by atoms with Crippen molar-refractivity contribution in [3.05, 3.63) is 59.8 Å². The van der Waals surface area contributed by atoms with E-state index in [0.717, 1.165) is 29.4 Å². The third-order valence-electron chi connectivity index (χ3n) is 2.25. The summed E-state index contributed by atoms with van der Waals surface area (Å²) < 4.78 is 0. The van der Waals surface area contributed by atoms with E-state index in [-0.39, 0.29) is 0 Å². The molecule has 0 aromatic carbocycles. The van der Waals surface area contributed by atoms with Crippen LogP contribution in [0.1, 0.15) is 27.2 Å². The highest BCUT2D eigenvalue weighted by molar-refractivity contribution is 5.80. The Morgan fingerprint density at radius 3 is 2.44 bits per heavy atom. The molecule has 0 saturated heterocycles. The molecular formula is C15H20O. The van der Waals surface area contributed by atoms with Crippen LogP contribution >= 0.6 is 0 Å². The van der Waals surface area contributed by atoms with Crippen LogP contribution in [0.5, 0.6) is 0 Å². The molecule has 0 atom stereocenters. The van der Waals surface area contributed by atoms with Crippen LogP contribution in [0.3, 0.4) is 0 Å². The highest BCUT2D eigenvalue weighted by atomic mass is 16.1. The lowest BCUT2D eigenvalue weighted by Gasteiger charge is -2.04. The Bertz CT molecular complexity index is 352. The largest absolute Gasteiger partial charge is 0.298 e. The second-order valence-electron chi connectivity index (χ2n) is 3.35. The minimum absolute atomic E-state index is 0.726. The van der Waals surface area contributed by atoms with E-state index in [1.165, 1.54) is 0 Å². The van der Waals surface area contributed by atoms with Crippen molar-refractivity contribution in [3.8, 4) is 0 Å². The summed E-state index contributed by atoms with van der Waals surface area (Å²) in [7, 11) is 0. The summed E-state index contributed by atoms with van der Waals surface area (Å²) in [6, 6.07) is 0. The molecule has 0 N–H and O–H groups in total. The van der Waals surface area contributed by atoms with Gasteiger partial charge >= 0.3 is 0 Å². The maximum absolute atomic E-state index is 11.0. The molecular weight excluding hydrogens is 196 g/mol. The van der Waals surface area contributed by atoms with Gasteiger partial charge in [-0.15, -0.1) is 0 Å². The Morgan fingerprint density at radius 1 is 1.31 bits per heavy atom. The van der Waals surface area contributed by atoms with Crippen LogP contribution in [-0.4, -0.2) is 6.29 Å². The van der Waals surface area contributed by atoms with Crippen LogP contribution < -0.4 is 0 Å². The van der Waals surface area contributed by atoms with E-state index >= 15 is 0 Å². The molecule has 0 spiro atoms. The second-order valence-corrected chi connectivity index (χ2v) is 3.35. The molecule has 0 aliphatic rings. The summed E-state index contributed by atoms with van der Waals surface area (Å²) in [6.07, 6.45) is 13.2. The summed E-state index contributed by atoms with van der Waals surface area (Å²) in [5.41, 5.74) is 2.76. The molecule has 1 heteroatoms. The highest BCUT2D eigenvalue weighted by Gasteiger charge is 2.00. The van der Waals surface area contributed by atoms with Gasteiger partial charge in [0.15, 0.2) is 0 Å². The number of hydrogen-bond acceptors (Lipinski definition) is 1. The van der Waals surface area contributed by atoms with E-state index in [0.29, 0.717) is 0 Å². The second kappa shape index (κ2) is 8.66. The molecule has 86 valence electrons. The van der Waals surface area contributed by atoms with Crippen molar-refractivity contribution in [3.63, 3.8) is 0 Å². The van der Waals surface area contributed by atoms with Gasteiger partial charge in [-0.1, -0.05) is 50.0 Å². The lowest BCUT2D eigenvalue weighted by molar-refractivity contribution is -0.104. The molecule has 0 aliphatic heterocycles. The molecule has 0 amide bonds. The maximum Gasteiger partial charge on any atom is 0.150 e. The van der Waals surface area contributed by atoms with Gasteiger partial charge in [-0.25, -0.2) is 0 Å². The first-order valence-corrected chi connectivity index (χ1v) is 5.49.